The average Bonchev–Trinajstić information content (AvgIpc) is 3.95. The van der Waals surface area contributed by atoms with Crippen LogP contribution in [0.15, 0.2) is 207 Å². The van der Waals surface area contributed by atoms with Crippen molar-refractivity contribution in [1.82, 2.24) is 9.13 Å². The molecule has 1 atom stereocenters. The number of para-hydroxylation sites is 3. The maximum absolute atomic E-state index is 5.16. The van der Waals surface area contributed by atoms with Crippen molar-refractivity contribution in [2.75, 3.05) is 4.90 Å². The number of aryl methyl sites for hydroxylation is 2. The van der Waals surface area contributed by atoms with Gasteiger partial charge in [0.25, 0.3) is 0 Å². The Bertz CT molecular complexity index is 4170. The van der Waals surface area contributed by atoms with E-state index in [0.717, 1.165) is 22.5 Å². The Morgan fingerprint density at radius 2 is 1.11 bits per heavy atom. The second-order valence-electron chi connectivity index (χ2n) is 21.5. The Morgan fingerprint density at radius 1 is 0.507 bits per heavy atom. The molecule has 3 nitrogen and oxygen atoms in total. The second-order valence-corrected chi connectivity index (χ2v) is 21.5. The van der Waals surface area contributed by atoms with Gasteiger partial charge >= 0.3 is 0 Å². The van der Waals surface area contributed by atoms with E-state index in [0.29, 0.717) is 0 Å². The normalized spacial score (nSPS) is 13.7. The zero-order valence-corrected chi connectivity index (χ0v) is 41.7. The van der Waals surface area contributed by atoms with E-state index in [1.807, 2.05) is 0 Å². The molecule has 71 heavy (non-hydrogen) atoms. The lowest BCUT2D eigenvalue weighted by atomic mass is 9.77. The molecule has 1 aliphatic rings. The van der Waals surface area contributed by atoms with Crippen LogP contribution in [0.2, 0.25) is 0 Å². The lowest BCUT2D eigenvalue weighted by molar-refractivity contribution is 0.590. The van der Waals surface area contributed by atoms with Gasteiger partial charge in [0.05, 0.1) is 11.2 Å². The quantitative estimate of drug-likeness (QED) is 0.155. The first-order valence-corrected chi connectivity index (χ1v) is 25.1. The standard InChI is InChI=1S/C68H57N3/c1-42(63(55-26-18-30-61-65(55)54-24-14-16-29-60(54)69(61)7)56-27-17-25-52-50-22-13-15-28-59(50)70(8)66(52)56)44-32-38-53-57(40-44)68(5,6)58-41-62(49-21-11-12-23-51(49)64(53)58)71(47-36-33-46(34-37-47)67(2,3)4)48-35-31-43-19-9-10-20-45(43)39-48/h9-41,63H,1H2,2-8H3. The number of hydrogen-bond donors (Lipinski definition) is 0. The average molecular weight is 916 g/mol. The number of benzene rings is 10. The second kappa shape index (κ2) is 15.7. The summed E-state index contributed by atoms with van der Waals surface area (Å²) in [6.07, 6.45) is 0. The van der Waals surface area contributed by atoms with Gasteiger partial charge in [-0.1, -0.05) is 187 Å². The van der Waals surface area contributed by atoms with Gasteiger partial charge in [-0.3, -0.25) is 0 Å². The summed E-state index contributed by atoms with van der Waals surface area (Å²) >= 11 is 0. The van der Waals surface area contributed by atoms with Crippen molar-refractivity contribution in [3.63, 3.8) is 0 Å². The lowest BCUT2D eigenvalue weighted by Crippen LogP contribution is -2.17. The SMILES string of the molecule is C=C(c1ccc2c(c1)C(C)(C)c1cc(N(c3ccc(C(C)(C)C)cc3)c3ccc4ccccc4c3)c3ccccc3c1-2)C(c1cccc2c1c1ccccc1n2C)c1cccc2c3ccccc3n(C)c12. The largest absolute Gasteiger partial charge is 0.344 e. The fourth-order valence-corrected chi connectivity index (χ4v) is 12.5. The van der Waals surface area contributed by atoms with Crippen LogP contribution in [0.4, 0.5) is 17.1 Å². The third-order valence-corrected chi connectivity index (χ3v) is 16.2. The van der Waals surface area contributed by atoms with Crippen LogP contribution in [0.25, 0.3) is 81.9 Å². The lowest BCUT2D eigenvalue weighted by Gasteiger charge is -2.30. The van der Waals surface area contributed by atoms with Crippen molar-refractivity contribution in [2.45, 2.75) is 51.4 Å². The summed E-state index contributed by atoms with van der Waals surface area (Å²) in [6.45, 7) is 16.9. The smallest absolute Gasteiger partial charge is 0.0543 e. The molecular formula is C68H57N3. The van der Waals surface area contributed by atoms with Gasteiger partial charge in [-0.15, -0.1) is 0 Å². The number of anilines is 3. The summed E-state index contributed by atoms with van der Waals surface area (Å²) in [7, 11) is 4.42. The van der Waals surface area contributed by atoms with Crippen molar-refractivity contribution in [1.29, 1.82) is 0 Å². The fraction of sp³-hybridized carbons (Fsp3) is 0.147. The number of nitrogens with zero attached hydrogens (tertiary/aromatic N) is 3. The van der Waals surface area contributed by atoms with Crippen molar-refractivity contribution >= 4 is 87.8 Å². The maximum atomic E-state index is 5.16. The minimum absolute atomic E-state index is 0.0408. The molecule has 0 aliphatic heterocycles. The summed E-state index contributed by atoms with van der Waals surface area (Å²) in [5.74, 6) is -0.145. The number of fused-ring (bicyclic) bond motifs is 12. The molecule has 2 aromatic heterocycles. The van der Waals surface area contributed by atoms with E-state index < -0.39 is 0 Å². The molecule has 344 valence electrons. The van der Waals surface area contributed by atoms with Crippen molar-refractivity contribution < 1.29 is 0 Å². The molecule has 0 saturated carbocycles. The summed E-state index contributed by atoms with van der Waals surface area (Å²) in [6, 6.07) is 75.0. The van der Waals surface area contributed by atoms with Crippen LogP contribution in [-0.2, 0) is 24.9 Å². The molecule has 1 aliphatic carbocycles. The zero-order valence-electron chi connectivity index (χ0n) is 41.7. The summed E-state index contributed by atoms with van der Waals surface area (Å²) in [4.78, 5) is 2.49. The topological polar surface area (TPSA) is 13.1 Å². The zero-order chi connectivity index (χ0) is 48.5. The third kappa shape index (κ3) is 6.42. The fourth-order valence-electron chi connectivity index (χ4n) is 12.5. The Morgan fingerprint density at radius 3 is 1.87 bits per heavy atom. The van der Waals surface area contributed by atoms with Crippen molar-refractivity contribution in [2.24, 2.45) is 14.1 Å². The number of hydrogen-bond acceptors (Lipinski definition) is 1. The Kier molecular flexibility index (Phi) is 9.48. The third-order valence-electron chi connectivity index (χ3n) is 16.2. The van der Waals surface area contributed by atoms with Gasteiger partial charge in [-0.05, 0) is 126 Å². The van der Waals surface area contributed by atoms with Crippen LogP contribution in [-0.4, -0.2) is 9.13 Å². The molecule has 0 saturated heterocycles. The van der Waals surface area contributed by atoms with Gasteiger partial charge in [-0.2, -0.15) is 0 Å². The summed E-state index contributed by atoms with van der Waals surface area (Å²) < 4.78 is 4.75. The van der Waals surface area contributed by atoms with E-state index in [9.17, 15) is 0 Å². The molecule has 12 aromatic rings. The van der Waals surface area contributed by atoms with Crippen LogP contribution in [0.1, 0.15) is 73.9 Å². The van der Waals surface area contributed by atoms with Gasteiger partial charge < -0.3 is 14.0 Å². The monoisotopic (exact) mass is 915 g/mol. The molecular weight excluding hydrogens is 859 g/mol. The van der Waals surface area contributed by atoms with Gasteiger partial charge in [0.2, 0.25) is 0 Å². The Labute approximate surface area is 416 Å². The number of aromatic nitrogens is 2. The first kappa shape index (κ1) is 42.9. The van der Waals surface area contributed by atoms with Crippen molar-refractivity contribution in [3.05, 3.63) is 240 Å². The van der Waals surface area contributed by atoms with Crippen molar-refractivity contribution in [3.8, 4) is 11.1 Å². The number of allylic oxidation sites excluding steroid dienone is 1. The maximum Gasteiger partial charge on any atom is 0.0543 e. The van der Waals surface area contributed by atoms with E-state index in [1.165, 1.54) is 110 Å². The highest BCUT2D eigenvalue weighted by atomic mass is 15.1. The summed E-state index contributed by atoms with van der Waals surface area (Å²) in [5, 5.41) is 10.0. The molecule has 1 unspecified atom stereocenters. The first-order chi connectivity index (χ1) is 34.4. The van der Waals surface area contributed by atoms with E-state index >= 15 is 0 Å². The van der Waals surface area contributed by atoms with E-state index in [4.69, 9.17) is 6.58 Å². The minimum Gasteiger partial charge on any atom is -0.344 e. The molecule has 0 N–H and O–H groups in total. The van der Waals surface area contributed by atoms with E-state index in [1.54, 1.807) is 0 Å². The molecule has 0 amide bonds. The molecule has 3 heteroatoms. The van der Waals surface area contributed by atoms with Gasteiger partial charge in [-0.25, -0.2) is 0 Å². The van der Waals surface area contributed by atoms with Crippen LogP contribution < -0.4 is 4.90 Å². The van der Waals surface area contributed by atoms with Gasteiger partial charge in [0.1, 0.15) is 0 Å². The van der Waals surface area contributed by atoms with Crippen LogP contribution in [0.3, 0.4) is 0 Å². The Balaban J connectivity index is 1.01. The number of rotatable bonds is 7. The molecule has 0 fully saturated rings. The van der Waals surface area contributed by atoms with Gasteiger partial charge in [0, 0.05) is 80.3 Å². The Hall–Kier alpha value is -8.14. The molecule has 2 heterocycles. The van der Waals surface area contributed by atoms with Crippen LogP contribution in [0, 0.1) is 0 Å². The minimum atomic E-state index is -0.327. The molecule has 10 aromatic carbocycles. The van der Waals surface area contributed by atoms with E-state index in [-0.39, 0.29) is 16.7 Å². The van der Waals surface area contributed by atoms with Crippen LogP contribution in [0.5, 0.6) is 0 Å². The first-order valence-electron chi connectivity index (χ1n) is 25.1. The van der Waals surface area contributed by atoms with Gasteiger partial charge in [0.15, 0.2) is 0 Å². The highest BCUT2D eigenvalue weighted by molar-refractivity contribution is 6.14. The predicted molar refractivity (Wildman–Crippen MR) is 304 cm³/mol. The van der Waals surface area contributed by atoms with Crippen LogP contribution >= 0.6 is 0 Å². The highest BCUT2D eigenvalue weighted by Gasteiger charge is 2.39. The molecule has 0 bridgehead atoms. The highest BCUT2D eigenvalue weighted by Crippen LogP contribution is 2.56. The van der Waals surface area contributed by atoms with E-state index in [2.05, 4.69) is 263 Å². The molecule has 0 spiro atoms. The molecule has 0 radical (unpaired) electrons. The molecule has 13 rings (SSSR count). The summed E-state index contributed by atoms with van der Waals surface area (Å²) in [5.41, 5.74) is 19.4. The predicted octanol–water partition coefficient (Wildman–Crippen LogP) is 18.2.